The zero-order valence-corrected chi connectivity index (χ0v) is 19.9. The van der Waals surface area contributed by atoms with Crippen LogP contribution in [0.2, 0.25) is 10.0 Å². The molecule has 0 aliphatic carbocycles. The van der Waals surface area contributed by atoms with Crippen molar-refractivity contribution in [1.82, 2.24) is 14.7 Å². The molecular formula is C23H30Cl2FN3O4. The van der Waals surface area contributed by atoms with E-state index in [0.29, 0.717) is 55.7 Å². The number of benzene rings is 1. The van der Waals surface area contributed by atoms with Crippen molar-refractivity contribution in [2.45, 2.75) is 37.6 Å². The van der Waals surface area contributed by atoms with E-state index >= 15 is 0 Å². The Labute approximate surface area is 203 Å². The van der Waals surface area contributed by atoms with Gasteiger partial charge in [-0.1, -0.05) is 29.3 Å². The number of hydrogen-bond acceptors (Lipinski definition) is 5. The highest BCUT2D eigenvalue weighted by atomic mass is 35.5. The highest BCUT2D eigenvalue weighted by molar-refractivity contribution is 6.42. The van der Waals surface area contributed by atoms with Gasteiger partial charge in [0.25, 0.3) is 0 Å². The van der Waals surface area contributed by atoms with Gasteiger partial charge in [-0.05, 0) is 36.6 Å². The van der Waals surface area contributed by atoms with Gasteiger partial charge in [0.05, 0.1) is 22.3 Å². The molecule has 182 valence electrons. The Morgan fingerprint density at radius 2 is 2.00 bits per heavy atom. The van der Waals surface area contributed by atoms with Gasteiger partial charge in [0, 0.05) is 58.3 Å². The lowest BCUT2D eigenvalue weighted by Crippen LogP contribution is -2.47. The van der Waals surface area contributed by atoms with Gasteiger partial charge in [-0.2, -0.15) is 0 Å². The number of β-amino-alcohol motifs (C(OH)–C–C–N with tert-alkyl or cyclic N) is 2. The molecule has 0 aromatic heterocycles. The molecule has 7 nitrogen and oxygen atoms in total. The number of hydrogen-bond donors (Lipinski definition) is 2. The molecule has 2 fully saturated rings. The van der Waals surface area contributed by atoms with Gasteiger partial charge in [-0.15, -0.1) is 0 Å². The summed E-state index contributed by atoms with van der Waals surface area (Å²) < 4.78 is 13.4. The monoisotopic (exact) mass is 501 g/mol. The lowest BCUT2D eigenvalue weighted by molar-refractivity contribution is -0.130. The van der Waals surface area contributed by atoms with Gasteiger partial charge in [-0.3, -0.25) is 14.5 Å². The number of halogens is 3. The molecule has 33 heavy (non-hydrogen) atoms. The number of aliphatic hydroxyl groups is 2. The molecule has 2 heterocycles. The SMILES string of the molecule is O=C(/C=C/c1ccc(Cl)c(Cl)c1)N1CCC(=O)N(CCC(O)CN2CC[C@H](F)[C@@H](O)C2)CC1. The maximum absolute atomic E-state index is 13.4. The third-order valence-electron chi connectivity index (χ3n) is 6.05. The summed E-state index contributed by atoms with van der Waals surface area (Å²) in [4.78, 5) is 30.2. The minimum absolute atomic E-state index is 0.0559. The molecule has 3 rings (SSSR count). The number of rotatable bonds is 7. The predicted molar refractivity (Wildman–Crippen MR) is 126 cm³/mol. The molecule has 0 spiro atoms. The number of amides is 2. The van der Waals surface area contributed by atoms with Crippen LogP contribution in [0.5, 0.6) is 0 Å². The second kappa shape index (κ2) is 12.1. The summed E-state index contributed by atoms with van der Waals surface area (Å²) in [6.07, 6.45) is 1.05. The van der Waals surface area contributed by atoms with Crippen LogP contribution in [0, 0.1) is 0 Å². The molecular weight excluding hydrogens is 472 g/mol. The molecule has 2 amide bonds. The lowest BCUT2D eigenvalue weighted by atomic mass is 10.1. The van der Waals surface area contributed by atoms with Crippen LogP contribution in [-0.4, -0.2) is 101 Å². The first-order valence-corrected chi connectivity index (χ1v) is 11.9. The number of likely N-dealkylation sites (tertiary alicyclic amines) is 1. The summed E-state index contributed by atoms with van der Waals surface area (Å²) in [6, 6.07) is 5.10. The van der Waals surface area contributed by atoms with Crippen LogP contribution >= 0.6 is 23.2 Å². The van der Waals surface area contributed by atoms with E-state index in [9.17, 15) is 24.2 Å². The van der Waals surface area contributed by atoms with Crippen LogP contribution in [0.4, 0.5) is 4.39 Å². The number of nitrogens with zero attached hydrogens (tertiary/aromatic N) is 3. The van der Waals surface area contributed by atoms with Gasteiger partial charge in [0.1, 0.15) is 6.17 Å². The average Bonchev–Trinajstić information content (AvgIpc) is 2.97. The second-order valence-electron chi connectivity index (χ2n) is 8.54. The quantitative estimate of drug-likeness (QED) is 0.559. The number of aliphatic hydroxyl groups excluding tert-OH is 2. The third kappa shape index (κ3) is 7.65. The Hall–Kier alpha value is -1.71. The van der Waals surface area contributed by atoms with E-state index in [0.717, 1.165) is 5.56 Å². The highest BCUT2D eigenvalue weighted by Crippen LogP contribution is 2.23. The summed E-state index contributed by atoms with van der Waals surface area (Å²) in [6.45, 7) is 2.53. The van der Waals surface area contributed by atoms with Crippen LogP contribution in [0.25, 0.3) is 6.08 Å². The number of piperidine rings is 1. The molecule has 2 aliphatic heterocycles. The Bertz CT molecular complexity index is 872. The van der Waals surface area contributed by atoms with Crippen LogP contribution in [-0.2, 0) is 9.59 Å². The molecule has 1 unspecified atom stereocenters. The zero-order chi connectivity index (χ0) is 24.0. The third-order valence-corrected chi connectivity index (χ3v) is 6.79. The maximum atomic E-state index is 13.4. The van der Waals surface area contributed by atoms with Gasteiger partial charge in [-0.25, -0.2) is 4.39 Å². The van der Waals surface area contributed by atoms with E-state index in [4.69, 9.17) is 23.2 Å². The highest BCUT2D eigenvalue weighted by Gasteiger charge is 2.29. The summed E-state index contributed by atoms with van der Waals surface area (Å²) in [5.41, 5.74) is 0.752. The lowest BCUT2D eigenvalue weighted by Gasteiger charge is -2.33. The Kier molecular flexibility index (Phi) is 9.52. The topological polar surface area (TPSA) is 84.3 Å². The van der Waals surface area contributed by atoms with Crippen molar-refractivity contribution in [3.05, 3.63) is 39.9 Å². The van der Waals surface area contributed by atoms with E-state index < -0.39 is 18.4 Å². The molecule has 2 saturated heterocycles. The summed E-state index contributed by atoms with van der Waals surface area (Å²) >= 11 is 11.9. The molecule has 2 N–H and O–H groups in total. The van der Waals surface area contributed by atoms with Crippen molar-refractivity contribution in [3.8, 4) is 0 Å². The zero-order valence-electron chi connectivity index (χ0n) is 18.4. The average molecular weight is 502 g/mol. The fraction of sp³-hybridized carbons (Fsp3) is 0.565. The molecule has 2 aliphatic rings. The van der Waals surface area contributed by atoms with Crippen LogP contribution in [0.15, 0.2) is 24.3 Å². The Morgan fingerprint density at radius 3 is 2.73 bits per heavy atom. The minimum atomic E-state index is -1.21. The van der Waals surface area contributed by atoms with E-state index in [2.05, 4.69) is 0 Å². The second-order valence-corrected chi connectivity index (χ2v) is 9.35. The molecule has 1 aromatic rings. The van der Waals surface area contributed by atoms with E-state index in [1.807, 2.05) is 4.90 Å². The molecule has 0 radical (unpaired) electrons. The smallest absolute Gasteiger partial charge is 0.246 e. The van der Waals surface area contributed by atoms with Crippen LogP contribution < -0.4 is 0 Å². The molecule has 1 aromatic carbocycles. The number of carbonyl (C=O) groups excluding carboxylic acids is 2. The molecule has 3 atom stereocenters. The van der Waals surface area contributed by atoms with Gasteiger partial charge in [0.2, 0.25) is 11.8 Å². The van der Waals surface area contributed by atoms with Crippen molar-refractivity contribution in [1.29, 1.82) is 0 Å². The van der Waals surface area contributed by atoms with Crippen molar-refractivity contribution in [3.63, 3.8) is 0 Å². The fourth-order valence-electron chi connectivity index (χ4n) is 4.04. The maximum Gasteiger partial charge on any atom is 0.246 e. The Balaban J connectivity index is 1.45. The first-order valence-electron chi connectivity index (χ1n) is 11.2. The van der Waals surface area contributed by atoms with Crippen molar-refractivity contribution >= 4 is 41.1 Å². The van der Waals surface area contributed by atoms with Crippen molar-refractivity contribution in [2.75, 3.05) is 45.8 Å². The minimum Gasteiger partial charge on any atom is -0.392 e. The molecule has 0 bridgehead atoms. The summed E-state index contributed by atoms with van der Waals surface area (Å²) in [5, 5.41) is 20.9. The summed E-state index contributed by atoms with van der Waals surface area (Å²) in [7, 11) is 0. The predicted octanol–water partition coefficient (Wildman–Crippen LogP) is 2.22. The number of alkyl halides is 1. The van der Waals surface area contributed by atoms with Crippen molar-refractivity contribution < 1.29 is 24.2 Å². The Morgan fingerprint density at radius 1 is 1.21 bits per heavy atom. The van der Waals surface area contributed by atoms with Crippen LogP contribution in [0.3, 0.4) is 0 Å². The fourth-order valence-corrected chi connectivity index (χ4v) is 4.35. The summed E-state index contributed by atoms with van der Waals surface area (Å²) in [5.74, 6) is -0.245. The van der Waals surface area contributed by atoms with E-state index in [-0.39, 0.29) is 31.2 Å². The number of carbonyl (C=O) groups is 2. The normalized spacial score (nSPS) is 23.7. The van der Waals surface area contributed by atoms with Gasteiger partial charge < -0.3 is 20.0 Å². The van der Waals surface area contributed by atoms with Gasteiger partial charge in [0.15, 0.2) is 0 Å². The van der Waals surface area contributed by atoms with E-state index in [1.165, 1.54) is 6.08 Å². The standard InChI is InChI=1S/C23H30Cl2FN3O4/c24-18-3-1-16(13-19(18)25)2-4-22(32)29-10-7-23(33)28(11-12-29)9-5-17(30)14-27-8-6-20(26)21(31)15-27/h1-4,13,17,20-21,30-31H,5-12,14-15H2/b4-2+/t17?,20-,21-/m0/s1. The van der Waals surface area contributed by atoms with Gasteiger partial charge >= 0.3 is 0 Å². The first kappa shape index (κ1) is 25.9. The van der Waals surface area contributed by atoms with E-state index in [1.54, 1.807) is 34.1 Å². The van der Waals surface area contributed by atoms with Crippen molar-refractivity contribution in [2.24, 2.45) is 0 Å². The largest absolute Gasteiger partial charge is 0.392 e. The first-order chi connectivity index (χ1) is 15.7. The molecule has 10 heteroatoms. The molecule has 0 saturated carbocycles. The van der Waals surface area contributed by atoms with Crippen LogP contribution in [0.1, 0.15) is 24.8 Å².